The summed E-state index contributed by atoms with van der Waals surface area (Å²) in [7, 11) is 0. The highest BCUT2D eigenvalue weighted by Gasteiger charge is 2.29. The quantitative estimate of drug-likeness (QED) is 0.782. The van der Waals surface area contributed by atoms with E-state index in [-0.39, 0.29) is 0 Å². The summed E-state index contributed by atoms with van der Waals surface area (Å²) in [4.78, 5) is 4.84. The first-order valence-electron chi connectivity index (χ1n) is 6.64. The Morgan fingerprint density at radius 2 is 1.84 bits per heavy atom. The van der Waals surface area contributed by atoms with Crippen molar-refractivity contribution in [2.75, 3.05) is 11.1 Å². The van der Waals surface area contributed by atoms with Crippen LogP contribution in [0.25, 0.3) is 0 Å². The second-order valence-electron chi connectivity index (χ2n) is 5.14. The highest BCUT2D eigenvalue weighted by atomic mass is 35.5. The van der Waals surface area contributed by atoms with E-state index in [1.807, 2.05) is 23.9 Å². The maximum Gasteiger partial charge on any atom is 0.161 e. The van der Waals surface area contributed by atoms with Gasteiger partial charge in [-0.1, -0.05) is 47.8 Å². The largest absolute Gasteiger partial charge is 0.335 e. The third-order valence-corrected chi connectivity index (χ3v) is 5.21. The summed E-state index contributed by atoms with van der Waals surface area (Å²) in [5, 5.41) is 5.63. The zero-order valence-electron chi connectivity index (χ0n) is 10.5. The van der Waals surface area contributed by atoms with Crippen LogP contribution < -0.4 is 5.32 Å². The van der Waals surface area contributed by atoms with Gasteiger partial charge in [-0.15, -0.1) is 0 Å². The number of hydrogen-bond donors (Lipinski definition) is 1. The first-order chi connectivity index (χ1) is 9.20. The van der Waals surface area contributed by atoms with Gasteiger partial charge in [0.25, 0.3) is 0 Å². The molecular weight excluding hydrogens is 299 g/mol. The lowest BCUT2D eigenvalue weighted by Gasteiger charge is -2.32. The standard InChI is InChI=1S/C14H16Cl2N2S/c15-10-5-11(16)7-12(6-10)17-14-18-13-4-2-1-3-9(13)8-19-14/h5-7,9,13H,1-4,8H2,(H,17,18). The monoisotopic (exact) mass is 314 g/mol. The lowest BCUT2D eigenvalue weighted by molar-refractivity contribution is 0.336. The van der Waals surface area contributed by atoms with Crippen LogP contribution in [0.1, 0.15) is 25.7 Å². The van der Waals surface area contributed by atoms with Crippen LogP contribution in [0.5, 0.6) is 0 Å². The van der Waals surface area contributed by atoms with Crippen molar-refractivity contribution in [3.8, 4) is 0 Å². The average molecular weight is 315 g/mol. The van der Waals surface area contributed by atoms with Gasteiger partial charge in [0.2, 0.25) is 0 Å². The molecule has 0 radical (unpaired) electrons. The second kappa shape index (κ2) is 5.94. The third kappa shape index (κ3) is 3.39. The Balaban J connectivity index is 1.74. The van der Waals surface area contributed by atoms with Crippen molar-refractivity contribution in [3.63, 3.8) is 0 Å². The van der Waals surface area contributed by atoms with Gasteiger partial charge < -0.3 is 5.32 Å². The minimum atomic E-state index is 0.507. The predicted molar refractivity (Wildman–Crippen MR) is 85.7 cm³/mol. The van der Waals surface area contributed by atoms with Gasteiger partial charge in [0, 0.05) is 21.5 Å². The van der Waals surface area contributed by atoms with Crippen molar-refractivity contribution in [1.29, 1.82) is 0 Å². The molecule has 19 heavy (non-hydrogen) atoms. The predicted octanol–water partition coefficient (Wildman–Crippen LogP) is 5.07. The fourth-order valence-electron chi connectivity index (χ4n) is 2.74. The minimum Gasteiger partial charge on any atom is -0.335 e. The molecule has 1 aliphatic carbocycles. The summed E-state index contributed by atoms with van der Waals surface area (Å²) in [6, 6.07) is 6.00. The number of anilines is 1. The minimum absolute atomic E-state index is 0.507. The zero-order chi connectivity index (χ0) is 13.2. The van der Waals surface area contributed by atoms with Crippen molar-refractivity contribution >= 4 is 45.8 Å². The van der Waals surface area contributed by atoms with Crippen LogP contribution in [-0.4, -0.2) is 17.0 Å². The van der Waals surface area contributed by atoms with E-state index in [0.29, 0.717) is 16.1 Å². The number of nitrogens with zero attached hydrogens (tertiary/aromatic N) is 1. The molecule has 0 saturated heterocycles. The molecule has 0 aromatic heterocycles. The summed E-state index contributed by atoms with van der Waals surface area (Å²) in [6.45, 7) is 0. The maximum absolute atomic E-state index is 6.01. The van der Waals surface area contributed by atoms with Gasteiger partial charge in [-0.05, 0) is 37.0 Å². The Morgan fingerprint density at radius 1 is 1.11 bits per heavy atom. The van der Waals surface area contributed by atoms with Crippen molar-refractivity contribution in [3.05, 3.63) is 28.2 Å². The molecule has 2 nitrogen and oxygen atoms in total. The Kier molecular flexibility index (Phi) is 4.25. The summed E-state index contributed by atoms with van der Waals surface area (Å²) in [5.41, 5.74) is 0.915. The van der Waals surface area contributed by atoms with Crippen molar-refractivity contribution < 1.29 is 0 Å². The Hall–Kier alpha value is -0.380. The molecule has 3 rings (SSSR count). The molecule has 1 aliphatic heterocycles. The van der Waals surface area contributed by atoms with Crippen LogP contribution >= 0.6 is 35.0 Å². The molecule has 1 saturated carbocycles. The molecule has 1 fully saturated rings. The molecule has 0 amide bonds. The molecule has 1 aromatic carbocycles. The summed E-state index contributed by atoms with van der Waals surface area (Å²) in [6.07, 6.45) is 5.24. The average Bonchev–Trinajstić information content (AvgIpc) is 2.37. The fourth-order valence-corrected chi connectivity index (χ4v) is 4.43. The first-order valence-corrected chi connectivity index (χ1v) is 8.38. The van der Waals surface area contributed by atoms with E-state index in [1.165, 1.54) is 31.4 Å². The number of benzene rings is 1. The Labute approximate surface area is 128 Å². The van der Waals surface area contributed by atoms with Crippen LogP contribution in [0.15, 0.2) is 23.2 Å². The van der Waals surface area contributed by atoms with Crippen molar-refractivity contribution in [1.82, 2.24) is 0 Å². The van der Waals surface area contributed by atoms with E-state index in [1.54, 1.807) is 6.07 Å². The topological polar surface area (TPSA) is 24.4 Å². The van der Waals surface area contributed by atoms with Gasteiger partial charge in [-0.25, -0.2) is 0 Å². The number of amidine groups is 1. The number of hydrogen-bond acceptors (Lipinski definition) is 3. The number of rotatable bonds is 1. The van der Waals surface area contributed by atoms with E-state index in [0.717, 1.165) is 16.8 Å². The molecule has 1 aromatic rings. The zero-order valence-corrected chi connectivity index (χ0v) is 12.9. The van der Waals surface area contributed by atoms with Crippen LogP contribution in [0, 0.1) is 5.92 Å². The maximum atomic E-state index is 6.01. The number of aliphatic imine (C=N–C) groups is 1. The smallest absolute Gasteiger partial charge is 0.161 e. The fraction of sp³-hybridized carbons (Fsp3) is 0.500. The van der Waals surface area contributed by atoms with Gasteiger partial charge >= 0.3 is 0 Å². The van der Waals surface area contributed by atoms with Gasteiger partial charge in [0.15, 0.2) is 5.17 Å². The molecule has 1 N–H and O–H groups in total. The normalized spacial score (nSPS) is 26.5. The van der Waals surface area contributed by atoms with Gasteiger partial charge in [0.1, 0.15) is 0 Å². The molecule has 2 aliphatic rings. The SMILES string of the molecule is Clc1cc(Cl)cc(NC2=NC3CCCCC3CS2)c1. The number of halogens is 2. The van der Waals surface area contributed by atoms with Crippen LogP contribution in [0.4, 0.5) is 5.69 Å². The molecule has 5 heteroatoms. The van der Waals surface area contributed by atoms with Gasteiger partial charge in [0.05, 0.1) is 6.04 Å². The van der Waals surface area contributed by atoms with E-state index < -0.39 is 0 Å². The van der Waals surface area contributed by atoms with Crippen molar-refractivity contribution in [2.24, 2.45) is 10.9 Å². The number of thioether (sulfide) groups is 1. The first kappa shape index (κ1) is 13.6. The highest BCUT2D eigenvalue weighted by Crippen LogP contribution is 2.34. The lowest BCUT2D eigenvalue weighted by Crippen LogP contribution is -2.31. The Bertz CT molecular complexity index is 484. The Morgan fingerprint density at radius 3 is 2.63 bits per heavy atom. The van der Waals surface area contributed by atoms with Gasteiger partial charge in [-0.3, -0.25) is 4.99 Å². The van der Waals surface area contributed by atoms with Crippen LogP contribution in [-0.2, 0) is 0 Å². The van der Waals surface area contributed by atoms with E-state index >= 15 is 0 Å². The number of nitrogens with one attached hydrogen (secondary N) is 1. The molecule has 2 atom stereocenters. The van der Waals surface area contributed by atoms with Crippen LogP contribution in [0.2, 0.25) is 10.0 Å². The van der Waals surface area contributed by atoms with Crippen molar-refractivity contribution in [2.45, 2.75) is 31.7 Å². The summed E-state index contributed by atoms with van der Waals surface area (Å²) < 4.78 is 0. The molecule has 102 valence electrons. The molecular formula is C14H16Cl2N2S. The van der Waals surface area contributed by atoms with E-state index in [9.17, 15) is 0 Å². The lowest BCUT2D eigenvalue weighted by atomic mass is 9.86. The van der Waals surface area contributed by atoms with E-state index in [4.69, 9.17) is 28.2 Å². The van der Waals surface area contributed by atoms with E-state index in [2.05, 4.69) is 5.32 Å². The molecule has 2 unspecified atom stereocenters. The molecule has 1 heterocycles. The molecule has 0 bridgehead atoms. The van der Waals surface area contributed by atoms with Crippen LogP contribution in [0.3, 0.4) is 0 Å². The summed E-state index contributed by atoms with van der Waals surface area (Å²) >= 11 is 13.8. The third-order valence-electron chi connectivity index (χ3n) is 3.70. The van der Waals surface area contributed by atoms with Gasteiger partial charge in [-0.2, -0.15) is 0 Å². The second-order valence-corrected chi connectivity index (χ2v) is 7.02. The number of fused-ring (bicyclic) bond motifs is 1. The summed E-state index contributed by atoms with van der Waals surface area (Å²) in [5.74, 6) is 1.94. The highest BCUT2D eigenvalue weighted by molar-refractivity contribution is 8.14. The molecule has 0 spiro atoms.